The molecule has 0 spiro atoms. The van der Waals surface area contributed by atoms with Gasteiger partial charge in [0.2, 0.25) is 0 Å². The lowest BCUT2D eigenvalue weighted by Gasteiger charge is -2.09. The van der Waals surface area contributed by atoms with Crippen molar-refractivity contribution in [2.75, 3.05) is 0 Å². The molecule has 0 bridgehead atoms. The highest BCUT2D eigenvalue weighted by Gasteiger charge is 2.08. The molecule has 0 aliphatic rings. The molecule has 3 aromatic rings. The monoisotopic (exact) mass is 282 g/mol. The fourth-order valence-electron chi connectivity index (χ4n) is 2.38. The zero-order valence-corrected chi connectivity index (χ0v) is 11.9. The maximum atomic E-state index is 12.7. The van der Waals surface area contributed by atoms with Crippen LogP contribution in [0.4, 0.5) is 0 Å². The van der Waals surface area contributed by atoms with Gasteiger partial charge in [-0.2, -0.15) is 0 Å². The van der Waals surface area contributed by atoms with Gasteiger partial charge in [0.05, 0.1) is 17.4 Å². The molecule has 0 unspecified atom stereocenters. The lowest BCUT2D eigenvalue weighted by Crippen LogP contribution is -2.23. The number of fused-ring (bicyclic) bond motifs is 1. The third-order valence-electron chi connectivity index (χ3n) is 3.40. The fourth-order valence-corrected chi connectivity index (χ4v) is 2.63. The first-order valence-corrected chi connectivity index (χ1v) is 6.84. The van der Waals surface area contributed by atoms with Crippen molar-refractivity contribution in [2.45, 2.75) is 13.5 Å². The van der Waals surface area contributed by atoms with Crippen molar-refractivity contribution in [3.8, 4) is 0 Å². The molecule has 1 heterocycles. The number of benzene rings is 2. The highest BCUT2D eigenvalue weighted by Crippen LogP contribution is 2.12. The highest BCUT2D eigenvalue weighted by atomic mass is 32.1. The molecule has 0 radical (unpaired) electrons. The van der Waals surface area contributed by atoms with Gasteiger partial charge in [-0.1, -0.05) is 42.5 Å². The molecule has 2 aromatic carbocycles. The van der Waals surface area contributed by atoms with E-state index in [2.05, 4.69) is 4.98 Å². The Morgan fingerprint density at radius 3 is 2.60 bits per heavy atom. The average molecular weight is 282 g/mol. The van der Waals surface area contributed by atoms with Gasteiger partial charge in [0.15, 0.2) is 4.77 Å². The first-order valence-electron chi connectivity index (χ1n) is 6.43. The van der Waals surface area contributed by atoms with Crippen molar-refractivity contribution < 1.29 is 0 Å². The van der Waals surface area contributed by atoms with Crippen molar-refractivity contribution in [3.05, 3.63) is 74.8 Å². The Morgan fingerprint density at radius 2 is 1.85 bits per heavy atom. The lowest BCUT2D eigenvalue weighted by atomic mass is 10.1. The van der Waals surface area contributed by atoms with E-state index in [9.17, 15) is 4.79 Å². The quantitative estimate of drug-likeness (QED) is 0.731. The molecule has 0 saturated heterocycles. The van der Waals surface area contributed by atoms with Crippen LogP contribution in [0.5, 0.6) is 0 Å². The van der Waals surface area contributed by atoms with Gasteiger partial charge >= 0.3 is 0 Å². The molecule has 0 aliphatic heterocycles. The first-order chi connectivity index (χ1) is 9.66. The summed E-state index contributed by atoms with van der Waals surface area (Å²) in [5.74, 6) is 0. The molecular formula is C16H14N2OS. The Bertz CT molecular complexity index is 878. The topological polar surface area (TPSA) is 37.8 Å². The summed E-state index contributed by atoms with van der Waals surface area (Å²) in [6, 6.07) is 15.6. The molecule has 3 rings (SSSR count). The fraction of sp³-hybridized carbons (Fsp3) is 0.125. The summed E-state index contributed by atoms with van der Waals surface area (Å²) in [6.45, 7) is 2.42. The number of aromatic nitrogens is 2. The van der Waals surface area contributed by atoms with E-state index >= 15 is 0 Å². The molecule has 0 atom stereocenters. The number of hydrogen-bond donors (Lipinski definition) is 1. The number of H-pyrrole nitrogens is 1. The molecule has 0 fully saturated rings. The number of nitrogens with one attached hydrogen (secondary N) is 1. The van der Waals surface area contributed by atoms with Crippen molar-refractivity contribution in [2.24, 2.45) is 0 Å². The van der Waals surface area contributed by atoms with Crippen LogP contribution < -0.4 is 5.56 Å². The van der Waals surface area contributed by atoms with E-state index in [1.807, 2.05) is 55.5 Å². The van der Waals surface area contributed by atoms with E-state index in [1.54, 1.807) is 4.57 Å². The smallest absolute Gasteiger partial charge is 0.262 e. The van der Waals surface area contributed by atoms with Crippen LogP contribution in [-0.2, 0) is 6.54 Å². The molecular weight excluding hydrogens is 268 g/mol. The van der Waals surface area contributed by atoms with Crippen LogP contribution in [-0.4, -0.2) is 9.55 Å². The summed E-state index contributed by atoms with van der Waals surface area (Å²) in [4.78, 5) is 15.8. The summed E-state index contributed by atoms with van der Waals surface area (Å²) >= 11 is 5.32. The Hall–Kier alpha value is -2.20. The summed E-state index contributed by atoms with van der Waals surface area (Å²) in [5.41, 5.74) is 2.78. The van der Waals surface area contributed by atoms with Gasteiger partial charge < -0.3 is 4.98 Å². The number of rotatable bonds is 2. The Kier molecular flexibility index (Phi) is 3.24. The predicted octanol–water partition coefficient (Wildman–Crippen LogP) is 3.42. The Morgan fingerprint density at radius 1 is 1.10 bits per heavy atom. The standard InChI is InChI=1S/C16H14N2OS/c1-11-6-5-9-13-14(11)15(19)18(16(20)17-13)10-12-7-3-2-4-8-12/h2-9H,10H2,1H3,(H,17,20). The predicted molar refractivity (Wildman–Crippen MR) is 83.7 cm³/mol. The van der Waals surface area contributed by atoms with Crippen molar-refractivity contribution in [1.29, 1.82) is 0 Å². The molecule has 3 nitrogen and oxygen atoms in total. The second kappa shape index (κ2) is 5.06. The largest absolute Gasteiger partial charge is 0.332 e. The van der Waals surface area contributed by atoms with Crippen molar-refractivity contribution >= 4 is 23.1 Å². The van der Waals surface area contributed by atoms with Gasteiger partial charge in [0, 0.05) is 0 Å². The Balaban J connectivity index is 2.24. The number of nitrogens with zero attached hydrogens (tertiary/aromatic N) is 1. The molecule has 20 heavy (non-hydrogen) atoms. The summed E-state index contributed by atoms with van der Waals surface area (Å²) in [5, 5.41) is 0.706. The zero-order chi connectivity index (χ0) is 14.1. The second-order valence-electron chi connectivity index (χ2n) is 4.80. The summed E-state index contributed by atoms with van der Waals surface area (Å²) < 4.78 is 2.07. The van der Waals surface area contributed by atoms with Gasteiger partial charge in [0.25, 0.3) is 5.56 Å². The Labute approximate surface area is 121 Å². The normalized spacial score (nSPS) is 10.8. The average Bonchev–Trinajstić information content (AvgIpc) is 2.44. The first kappa shape index (κ1) is 12.8. The molecule has 0 saturated carbocycles. The number of aryl methyl sites for hydroxylation is 1. The van der Waals surface area contributed by atoms with Gasteiger partial charge in [-0.15, -0.1) is 0 Å². The van der Waals surface area contributed by atoms with Crippen LogP contribution >= 0.6 is 12.2 Å². The molecule has 1 N–H and O–H groups in total. The van der Waals surface area contributed by atoms with Crippen LogP contribution in [0, 0.1) is 11.7 Å². The molecule has 0 aliphatic carbocycles. The van der Waals surface area contributed by atoms with Gasteiger partial charge in [-0.25, -0.2) is 0 Å². The maximum Gasteiger partial charge on any atom is 0.262 e. The van der Waals surface area contributed by atoms with E-state index in [1.165, 1.54) is 0 Å². The SMILES string of the molecule is Cc1cccc2[nH]c(=S)n(Cc3ccccc3)c(=O)c12. The molecule has 4 heteroatoms. The van der Waals surface area contributed by atoms with Crippen molar-refractivity contribution in [1.82, 2.24) is 9.55 Å². The molecule has 0 amide bonds. The number of hydrogen-bond acceptors (Lipinski definition) is 2. The minimum atomic E-state index is -0.0364. The zero-order valence-electron chi connectivity index (χ0n) is 11.1. The van der Waals surface area contributed by atoms with Crippen molar-refractivity contribution in [3.63, 3.8) is 0 Å². The van der Waals surface area contributed by atoms with E-state index in [0.29, 0.717) is 16.7 Å². The highest BCUT2D eigenvalue weighted by molar-refractivity contribution is 7.71. The maximum absolute atomic E-state index is 12.7. The van der Waals surface area contributed by atoms with E-state index in [0.717, 1.165) is 16.6 Å². The third-order valence-corrected chi connectivity index (χ3v) is 3.72. The van der Waals surface area contributed by atoms with Gasteiger partial charge in [-0.05, 0) is 36.3 Å². The summed E-state index contributed by atoms with van der Waals surface area (Å²) in [6.07, 6.45) is 0. The van der Waals surface area contributed by atoms with E-state index in [4.69, 9.17) is 12.2 Å². The third kappa shape index (κ3) is 2.18. The minimum absolute atomic E-state index is 0.0364. The second-order valence-corrected chi connectivity index (χ2v) is 5.19. The van der Waals surface area contributed by atoms with Crippen LogP contribution in [0.25, 0.3) is 10.9 Å². The van der Waals surface area contributed by atoms with E-state index < -0.39 is 0 Å². The van der Waals surface area contributed by atoms with Gasteiger partial charge in [-0.3, -0.25) is 9.36 Å². The van der Waals surface area contributed by atoms with Gasteiger partial charge in [0.1, 0.15) is 0 Å². The van der Waals surface area contributed by atoms with Crippen LogP contribution in [0.3, 0.4) is 0 Å². The molecule has 1 aromatic heterocycles. The summed E-state index contributed by atoms with van der Waals surface area (Å²) in [7, 11) is 0. The van der Waals surface area contributed by atoms with Crippen LogP contribution in [0.2, 0.25) is 0 Å². The van der Waals surface area contributed by atoms with E-state index in [-0.39, 0.29) is 5.56 Å². The van der Waals surface area contributed by atoms with Crippen LogP contribution in [0.15, 0.2) is 53.3 Å². The van der Waals surface area contributed by atoms with Crippen LogP contribution in [0.1, 0.15) is 11.1 Å². The lowest BCUT2D eigenvalue weighted by molar-refractivity contribution is 0.734. The number of aromatic amines is 1. The molecule has 100 valence electrons. The minimum Gasteiger partial charge on any atom is -0.332 e.